The molecule has 2 atom stereocenters. The molecular weight excluding hydrogens is 532 g/mol. The summed E-state index contributed by atoms with van der Waals surface area (Å²) >= 11 is 3.64. The predicted octanol–water partition coefficient (Wildman–Crippen LogP) is 4.51. The number of pyridine rings is 1. The Balaban J connectivity index is 1.52. The lowest BCUT2D eigenvalue weighted by Crippen LogP contribution is -2.47. The maximum absolute atomic E-state index is 13.9. The Kier molecular flexibility index (Phi) is 8.96. The Labute approximate surface area is 219 Å². The van der Waals surface area contributed by atoms with Crippen molar-refractivity contribution in [1.29, 1.82) is 0 Å². The van der Waals surface area contributed by atoms with Crippen LogP contribution in [0.2, 0.25) is 0 Å². The molecule has 0 radical (unpaired) electrons. The number of hydrogen-bond donors (Lipinski definition) is 1. The van der Waals surface area contributed by atoms with Gasteiger partial charge in [-0.25, -0.2) is 0 Å². The number of alkyl halides is 2. The molecule has 2 aromatic rings. The molecule has 196 valence electrons. The smallest absolute Gasteiger partial charge is 0.335 e. The Hall–Kier alpha value is -2.10. The Bertz CT molecular complexity index is 1140. The van der Waals surface area contributed by atoms with Gasteiger partial charge in [0, 0.05) is 42.9 Å². The number of benzene rings is 1. The molecule has 9 heteroatoms. The molecule has 6 nitrogen and oxygen atoms in total. The molecule has 2 unspecified atom stereocenters. The van der Waals surface area contributed by atoms with Crippen LogP contribution in [0, 0.1) is 12.8 Å². The van der Waals surface area contributed by atoms with Crippen LogP contribution in [0.1, 0.15) is 53.9 Å². The monoisotopic (exact) mass is 565 g/mol. The van der Waals surface area contributed by atoms with Crippen LogP contribution in [0.25, 0.3) is 0 Å². The highest BCUT2D eigenvalue weighted by Crippen LogP contribution is 2.36. The second-order valence-electron chi connectivity index (χ2n) is 9.91. The zero-order chi connectivity index (χ0) is 25.8. The van der Waals surface area contributed by atoms with E-state index in [2.05, 4.69) is 38.1 Å². The van der Waals surface area contributed by atoms with Gasteiger partial charge in [-0.1, -0.05) is 22.0 Å². The zero-order valence-electron chi connectivity index (χ0n) is 20.8. The summed E-state index contributed by atoms with van der Waals surface area (Å²) < 4.78 is 31.5. The SMILES string of the molecule is Cc1c(Br)cc(CN(C(=O)C2CNCCC2c2ccn(C)c(=O)c2)C2CC2)cc1CCCOC(F)F. The third-order valence-electron chi connectivity index (χ3n) is 7.33. The molecule has 1 amide bonds. The molecule has 1 aliphatic heterocycles. The van der Waals surface area contributed by atoms with E-state index in [1.165, 1.54) is 0 Å². The fourth-order valence-corrected chi connectivity index (χ4v) is 5.63. The van der Waals surface area contributed by atoms with Crippen molar-refractivity contribution in [2.24, 2.45) is 13.0 Å². The summed E-state index contributed by atoms with van der Waals surface area (Å²) in [7, 11) is 1.73. The minimum atomic E-state index is -2.75. The van der Waals surface area contributed by atoms with E-state index in [0.29, 0.717) is 25.9 Å². The molecule has 2 heterocycles. The van der Waals surface area contributed by atoms with Crippen molar-refractivity contribution in [3.63, 3.8) is 0 Å². The summed E-state index contributed by atoms with van der Waals surface area (Å²) in [4.78, 5) is 28.2. The number of aryl methyl sites for hydroxylation is 2. The van der Waals surface area contributed by atoms with E-state index in [9.17, 15) is 18.4 Å². The summed E-state index contributed by atoms with van der Waals surface area (Å²) in [5.41, 5.74) is 4.03. The minimum absolute atomic E-state index is 0.00375. The predicted molar refractivity (Wildman–Crippen MR) is 138 cm³/mol. The van der Waals surface area contributed by atoms with Crippen molar-refractivity contribution in [1.82, 2.24) is 14.8 Å². The number of ether oxygens (including phenoxy) is 1. The molecule has 2 fully saturated rings. The number of hydrogen-bond acceptors (Lipinski definition) is 4. The van der Waals surface area contributed by atoms with Crippen molar-refractivity contribution < 1.29 is 18.3 Å². The first-order valence-electron chi connectivity index (χ1n) is 12.6. The van der Waals surface area contributed by atoms with Gasteiger partial charge in [-0.3, -0.25) is 9.59 Å². The molecule has 0 bridgehead atoms. The van der Waals surface area contributed by atoms with E-state index >= 15 is 0 Å². The average Bonchev–Trinajstić information content (AvgIpc) is 3.69. The van der Waals surface area contributed by atoms with E-state index in [1.807, 2.05) is 17.9 Å². The van der Waals surface area contributed by atoms with Crippen LogP contribution in [0.4, 0.5) is 8.78 Å². The lowest BCUT2D eigenvalue weighted by Gasteiger charge is -2.36. The van der Waals surface area contributed by atoms with E-state index < -0.39 is 6.61 Å². The van der Waals surface area contributed by atoms with Crippen LogP contribution >= 0.6 is 15.9 Å². The Morgan fingerprint density at radius 3 is 2.75 bits per heavy atom. The Morgan fingerprint density at radius 2 is 2.06 bits per heavy atom. The second kappa shape index (κ2) is 12.0. The molecule has 2 aliphatic rings. The summed E-state index contributed by atoms with van der Waals surface area (Å²) in [6.45, 7) is 1.17. The van der Waals surface area contributed by atoms with Gasteiger partial charge in [-0.15, -0.1) is 0 Å². The quantitative estimate of drug-likeness (QED) is 0.430. The normalized spacial score (nSPS) is 20.1. The first kappa shape index (κ1) is 26.9. The summed E-state index contributed by atoms with van der Waals surface area (Å²) in [6, 6.07) is 7.99. The van der Waals surface area contributed by atoms with Gasteiger partial charge in [0.05, 0.1) is 12.5 Å². The van der Waals surface area contributed by atoms with E-state index in [0.717, 1.165) is 52.5 Å². The van der Waals surface area contributed by atoms with Crippen molar-refractivity contribution in [2.75, 3.05) is 19.7 Å². The van der Waals surface area contributed by atoms with Gasteiger partial charge in [0.15, 0.2) is 0 Å². The third kappa shape index (κ3) is 6.61. The maximum atomic E-state index is 13.9. The molecular formula is C27H34BrF2N3O3. The van der Waals surface area contributed by atoms with Crippen molar-refractivity contribution in [3.8, 4) is 0 Å². The van der Waals surface area contributed by atoms with Gasteiger partial charge in [-0.2, -0.15) is 8.78 Å². The topological polar surface area (TPSA) is 63.6 Å². The summed E-state index contributed by atoms with van der Waals surface area (Å²) in [5.74, 6) is -0.102. The lowest BCUT2D eigenvalue weighted by atomic mass is 9.80. The van der Waals surface area contributed by atoms with Crippen LogP contribution < -0.4 is 10.9 Å². The molecule has 1 N–H and O–H groups in total. The molecule has 4 rings (SSSR count). The highest BCUT2D eigenvalue weighted by Gasteiger charge is 2.40. The number of halogens is 3. The number of rotatable bonds is 10. The molecule has 1 aliphatic carbocycles. The highest BCUT2D eigenvalue weighted by molar-refractivity contribution is 9.10. The Morgan fingerprint density at radius 1 is 1.28 bits per heavy atom. The van der Waals surface area contributed by atoms with Crippen LogP contribution in [0.3, 0.4) is 0 Å². The number of amides is 1. The number of carbonyl (C=O) groups excluding carboxylic acids is 1. The molecule has 36 heavy (non-hydrogen) atoms. The number of aromatic nitrogens is 1. The molecule has 1 saturated heterocycles. The van der Waals surface area contributed by atoms with E-state index in [1.54, 1.807) is 23.9 Å². The second-order valence-corrected chi connectivity index (χ2v) is 10.8. The fraction of sp³-hybridized carbons (Fsp3) is 0.556. The number of nitrogens with one attached hydrogen (secondary N) is 1. The van der Waals surface area contributed by atoms with Gasteiger partial charge in [-0.05, 0) is 85.9 Å². The van der Waals surface area contributed by atoms with E-state index in [-0.39, 0.29) is 36.0 Å². The number of carbonyl (C=O) groups is 1. The number of piperidine rings is 1. The molecule has 1 aromatic heterocycles. The van der Waals surface area contributed by atoms with Crippen molar-refractivity contribution in [3.05, 3.63) is 67.5 Å². The standard InChI is InChI=1S/C27H34BrF2N3O3/c1-17-19(4-3-11-36-27(29)30)12-18(13-24(17)28)16-33(21-5-6-21)26(35)23-15-31-9-7-22(23)20-8-10-32(2)25(34)14-20/h8,10,12-14,21-23,27,31H,3-7,9,11,15-16H2,1-2H3. The van der Waals surface area contributed by atoms with Crippen LogP contribution in [-0.4, -0.2) is 47.7 Å². The van der Waals surface area contributed by atoms with Gasteiger partial charge < -0.3 is 19.5 Å². The van der Waals surface area contributed by atoms with Gasteiger partial charge >= 0.3 is 6.61 Å². The minimum Gasteiger partial charge on any atom is -0.335 e. The van der Waals surface area contributed by atoms with Crippen molar-refractivity contribution >= 4 is 21.8 Å². The molecule has 1 aromatic carbocycles. The molecule has 0 spiro atoms. The molecule has 1 saturated carbocycles. The first-order valence-corrected chi connectivity index (χ1v) is 13.4. The maximum Gasteiger partial charge on any atom is 0.345 e. The van der Waals surface area contributed by atoms with Gasteiger partial charge in [0.1, 0.15) is 0 Å². The number of nitrogens with zero attached hydrogens (tertiary/aromatic N) is 2. The summed E-state index contributed by atoms with van der Waals surface area (Å²) in [5, 5.41) is 3.38. The van der Waals surface area contributed by atoms with Crippen molar-refractivity contribution in [2.45, 2.75) is 64.1 Å². The first-order chi connectivity index (χ1) is 17.2. The largest absolute Gasteiger partial charge is 0.345 e. The van der Waals surface area contributed by atoms with Crippen LogP contribution in [-0.2, 0) is 29.5 Å². The van der Waals surface area contributed by atoms with Gasteiger partial charge in [0.2, 0.25) is 5.91 Å². The third-order valence-corrected chi connectivity index (χ3v) is 8.15. The van der Waals surface area contributed by atoms with E-state index in [4.69, 9.17) is 0 Å². The summed E-state index contributed by atoms with van der Waals surface area (Å²) in [6.07, 6.45) is 5.69. The van der Waals surface area contributed by atoms with Crippen LogP contribution in [0.5, 0.6) is 0 Å². The van der Waals surface area contributed by atoms with Crippen LogP contribution in [0.15, 0.2) is 39.7 Å². The zero-order valence-corrected chi connectivity index (χ0v) is 22.4. The van der Waals surface area contributed by atoms with Gasteiger partial charge in [0.25, 0.3) is 5.56 Å². The average molecular weight is 566 g/mol. The fourth-order valence-electron chi connectivity index (χ4n) is 5.08. The highest BCUT2D eigenvalue weighted by atomic mass is 79.9. The lowest BCUT2D eigenvalue weighted by molar-refractivity contribution is -0.138.